The molecule has 1 atom stereocenters. The minimum absolute atomic E-state index is 0.0736. The number of aromatic nitrogens is 1. The number of thioether (sulfide) groups is 1. The number of fused-ring (bicyclic) bond motifs is 2. The molecule has 1 unspecified atom stereocenters. The van der Waals surface area contributed by atoms with Crippen molar-refractivity contribution in [2.75, 3.05) is 24.6 Å². The number of benzene rings is 2. The van der Waals surface area contributed by atoms with Crippen LogP contribution < -0.4 is 5.84 Å². The second-order valence-electron chi connectivity index (χ2n) is 10.00. The van der Waals surface area contributed by atoms with Gasteiger partial charge in [-0.2, -0.15) is 22.6 Å². The van der Waals surface area contributed by atoms with Crippen LogP contribution in [0.3, 0.4) is 0 Å². The zero-order chi connectivity index (χ0) is 24.1. The average molecular weight is 494 g/mol. The molecule has 6 nitrogen and oxygen atoms in total. The summed E-state index contributed by atoms with van der Waals surface area (Å²) in [4.78, 5) is 17.3. The van der Waals surface area contributed by atoms with Gasteiger partial charge in [-0.25, -0.2) is 4.98 Å². The Kier molecular flexibility index (Phi) is 5.40. The quantitative estimate of drug-likeness (QED) is 0.413. The van der Waals surface area contributed by atoms with Gasteiger partial charge in [0, 0.05) is 47.5 Å². The van der Waals surface area contributed by atoms with Crippen molar-refractivity contribution in [3.8, 4) is 11.3 Å². The first-order chi connectivity index (χ1) is 17.7. The van der Waals surface area contributed by atoms with Crippen LogP contribution in [-0.4, -0.2) is 57.2 Å². The van der Waals surface area contributed by atoms with Gasteiger partial charge in [0.1, 0.15) is 11.9 Å². The first kappa shape index (κ1) is 22.1. The second kappa shape index (κ2) is 8.78. The fourth-order valence-corrected chi connectivity index (χ4v) is 6.72. The lowest BCUT2D eigenvalue weighted by atomic mass is 9.76. The zero-order valence-electron chi connectivity index (χ0n) is 20.1. The Morgan fingerprint density at radius 2 is 1.75 bits per heavy atom. The lowest BCUT2D eigenvalue weighted by molar-refractivity contribution is -0.750. The Bertz CT molecular complexity index is 1450. The van der Waals surface area contributed by atoms with Crippen LogP contribution in [0.1, 0.15) is 18.4 Å². The van der Waals surface area contributed by atoms with Gasteiger partial charge in [-0.1, -0.05) is 42.5 Å². The average Bonchev–Trinajstić information content (AvgIpc) is 3.21. The van der Waals surface area contributed by atoms with Crippen LogP contribution in [0.25, 0.3) is 22.2 Å². The summed E-state index contributed by atoms with van der Waals surface area (Å²) in [7, 11) is 0. The van der Waals surface area contributed by atoms with Gasteiger partial charge in [0.05, 0.1) is 29.2 Å². The molecule has 0 amide bonds. The highest BCUT2D eigenvalue weighted by Gasteiger charge is 2.48. The second-order valence-corrected chi connectivity index (χ2v) is 11.2. The third-order valence-electron chi connectivity index (χ3n) is 7.90. The van der Waals surface area contributed by atoms with E-state index in [1.54, 1.807) is 6.20 Å². The Balaban J connectivity index is 1.22. The van der Waals surface area contributed by atoms with Crippen LogP contribution in [0.2, 0.25) is 0 Å². The van der Waals surface area contributed by atoms with E-state index in [0.717, 1.165) is 57.8 Å². The van der Waals surface area contributed by atoms with E-state index in [1.807, 2.05) is 30.6 Å². The monoisotopic (exact) mass is 493 g/mol. The molecule has 3 aromatic rings. The summed E-state index contributed by atoms with van der Waals surface area (Å²) < 4.78 is 0.0736. The number of pyridine rings is 1. The maximum absolute atomic E-state index is 7.03. The summed E-state index contributed by atoms with van der Waals surface area (Å²) in [6, 6.07) is 21.5. The van der Waals surface area contributed by atoms with Crippen LogP contribution in [0.4, 0.5) is 0 Å². The summed E-state index contributed by atoms with van der Waals surface area (Å²) in [5.74, 6) is 10.8. The number of hydrogen-bond acceptors (Lipinski definition) is 6. The Labute approximate surface area is 215 Å². The van der Waals surface area contributed by atoms with Crippen LogP contribution in [0.15, 0.2) is 94.4 Å². The van der Waals surface area contributed by atoms with Gasteiger partial charge in [0.25, 0.3) is 5.84 Å². The van der Waals surface area contributed by atoms with Gasteiger partial charge in [-0.05, 0) is 31.0 Å². The Morgan fingerprint density at radius 1 is 0.944 bits per heavy atom. The van der Waals surface area contributed by atoms with E-state index in [9.17, 15) is 0 Å². The molecule has 1 aromatic heterocycles. The normalized spacial score (nSPS) is 27.8. The molecule has 180 valence electrons. The van der Waals surface area contributed by atoms with Crippen molar-refractivity contribution >= 4 is 34.7 Å². The SMILES string of the molecule is N[N+]12C=CN=CC1=C(C1CC(N3CCSCC3)C1)N=C2c1ccc2ccc(-c3ccccc3)nc2c1. The first-order valence-corrected chi connectivity index (χ1v) is 13.9. The van der Waals surface area contributed by atoms with Crippen LogP contribution in [0, 0.1) is 5.92 Å². The van der Waals surface area contributed by atoms with E-state index in [-0.39, 0.29) is 4.59 Å². The number of allylic oxidation sites excluding steroid dienone is 2. The van der Waals surface area contributed by atoms with Crippen LogP contribution in [-0.2, 0) is 0 Å². The van der Waals surface area contributed by atoms with Gasteiger partial charge in [-0.15, -0.1) is 4.59 Å². The number of nitrogens with two attached hydrogens (primary N) is 1. The molecule has 3 aliphatic heterocycles. The van der Waals surface area contributed by atoms with Crippen molar-refractivity contribution in [3.63, 3.8) is 0 Å². The predicted octanol–water partition coefficient (Wildman–Crippen LogP) is 4.95. The molecule has 4 aliphatic rings. The largest absolute Gasteiger partial charge is 0.299 e. The summed E-state index contributed by atoms with van der Waals surface area (Å²) in [5.41, 5.74) is 6.12. The molecule has 2 aromatic carbocycles. The van der Waals surface area contributed by atoms with Gasteiger partial charge >= 0.3 is 0 Å². The number of rotatable bonds is 4. The van der Waals surface area contributed by atoms with Gasteiger partial charge in [-0.3, -0.25) is 9.89 Å². The Hall–Kier alpha value is -3.10. The van der Waals surface area contributed by atoms with Crippen molar-refractivity contribution in [3.05, 3.63) is 90.0 Å². The summed E-state index contributed by atoms with van der Waals surface area (Å²) in [6.45, 7) is 2.41. The summed E-state index contributed by atoms with van der Waals surface area (Å²) >= 11 is 2.07. The third kappa shape index (κ3) is 3.66. The maximum Gasteiger partial charge on any atom is 0.264 e. The van der Waals surface area contributed by atoms with Crippen molar-refractivity contribution < 1.29 is 4.59 Å². The minimum atomic E-state index is 0.0736. The molecule has 1 saturated heterocycles. The molecule has 2 N–H and O–H groups in total. The van der Waals surface area contributed by atoms with Crippen molar-refractivity contribution in [2.24, 2.45) is 21.7 Å². The maximum atomic E-state index is 7.03. The topological polar surface area (TPSA) is 66.9 Å². The van der Waals surface area contributed by atoms with Gasteiger partial charge in [0.15, 0.2) is 0 Å². The van der Waals surface area contributed by atoms with Crippen molar-refractivity contribution in [1.29, 1.82) is 0 Å². The van der Waals surface area contributed by atoms with Gasteiger partial charge in [0.2, 0.25) is 5.70 Å². The molecular formula is C29H29N6S+. The number of quaternary nitrogens is 1. The molecule has 0 radical (unpaired) electrons. The fourth-order valence-electron chi connectivity index (χ4n) is 5.78. The van der Waals surface area contributed by atoms with Crippen molar-refractivity contribution in [1.82, 2.24) is 9.88 Å². The first-order valence-electron chi connectivity index (χ1n) is 12.7. The summed E-state index contributed by atoms with van der Waals surface area (Å²) in [5, 5.41) is 1.10. The predicted molar refractivity (Wildman–Crippen MR) is 148 cm³/mol. The van der Waals surface area contributed by atoms with E-state index in [2.05, 4.69) is 64.1 Å². The smallest absolute Gasteiger partial charge is 0.264 e. The lowest BCUT2D eigenvalue weighted by Crippen LogP contribution is -2.53. The number of amidine groups is 1. The number of hydrogen-bond donors (Lipinski definition) is 1. The fraction of sp³-hybridized carbons (Fsp3) is 0.276. The minimum Gasteiger partial charge on any atom is -0.299 e. The van der Waals surface area contributed by atoms with E-state index >= 15 is 0 Å². The van der Waals surface area contributed by atoms with E-state index in [4.69, 9.17) is 15.8 Å². The van der Waals surface area contributed by atoms with Crippen LogP contribution in [0.5, 0.6) is 0 Å². The third-order valence-corrected chi connectivity index (χ3v) is 8.85. The molecule has 7 heteroatoms. The van der Waals surface area contributed by atoms with Gasteiger partial charge < -0.3 is 0 Å². The number of nitrogens with zero attached hydrogens (tertiary/aromatic N) is 5. The van der Waals surface area contributed by atoms with E-state index in [0.29, 0.717) is 12.0 Å². The molecule has 36 heavy (non-hydrogen) atoms. The molecule has 0 spiro atoms. The lowest BCUT2D eigenvalue weighted by Gasteiger charge is -2.44. The molecule has 1 aliphatic carbocycles. The molecule has 0 bridgehead atoms. The van der Waals surface area contributed by atoms with E-state index < -0.39 is 0 Å². The Morgan fingerprint density at radius 3 is 2.58 bits per heavy atom. The highest BCUT2D eigenvalue weighted by Crippen LogP contribution is 2.44. The van der Waals surface area contributed by atoms with E-state index in [1.165, 1.54) is 24.6 Å². The highest BCUT2D eigenvalue weighted by molar-refractivity contribution is 7.99. The molecular weight excluding hydrogens is 464 g/mol. The molecule has 1 saturated carbocycles. The highest BCUT2D eigenvalue weighted by atomic mass is 32.2. The van der Waals surface area contributed by atoms with Crippen LogP contribution >= 0.6 is 11.8 Å². The summed E-state index contributed by atoms with van der Waals surface area (Å²) in [6.07, 6.45) is 7.93. The molecule has 2 fully saturated rings. The molecule has 4 heterocycles. The zero-order valence-corrected chi connectivity index (χ0v) is 20.9. The van der Waals surface area contributed by atoms with Crippen molar-refractivity contribution in [2.45, 2.75) is 18.9 Å². The number of aliphatic imine (C=N–C) groups is 2. The standard InChI is InChI=1S/C29H29N6S/c30-35-13-10-31-19-27(35)28(23-16-24(17-23)34-11-14-36-15-12-34)33-29(35)22-7-6-21-8-9-25(32-26(21)18-22)20-4-2-1-3-5-20/h1-10,13,18-19,23-24H,11-12,14-17,30H2/q+1. The molecule has 7 rings (SSSR count).